The van der Waals surface area contributed by atoms with Crippen molar-refractivity contribution in [2.75, 3.05) is 5.32 Å². The molecule has 1 aromatic heterocycles. The third-order valence-electron chi connectivity index (χ3n) is 4.04. The van der Waals surface area contributed by atoms with Gasteiger partial charge in [-0.2, -0.15) is 4.57 Å². The average molecular weight is 351 g/mol. The monoisotopic (exact) mass is 351 g/mol. The molecule has 0 saturated carbocycles. The molecule has 3 rings (SSSR count). The van der Waals surface area contributed by atoms with Gasteiger partial charge in [0.25, 0.3) is 5.91 Å². The van der Waals surface area contributed by atoms with E-state index in [4.69, 9.17) is 0 Å². The average Bonchev–Trinajstić information content (AvgIpc) is 2.55. The highest BCUT2D eigenvalue weighted by atomic mass is 19.4. The Morgan fingerprint density at radius 1 is 1.08 bits per heavy atom. The molecule has 132 valence electrons. The highest BCUT2D eigenvalue weighted by Crippen LogP contribution is 2.24. The lowest BCUT2D eigenvalue weighted by molar-refractivity contribution is -0.684. The second-order valence-corrected chi connectivity index (χ2v) is 6.00. The van der Waals surface area contributed by atoms with Crippen molar-refractivity contribution < 1.29 is 27.3 Å². The van der Waals surface area contributed by atoms with Gasteiger partial charge in [-0.1, -0.05) is 0 Å². The molecule has 7 heteroatoms. The van der Waals surface area contributed by atoms with E-state index in [9.17, 15) is 18.0 Å². The first-order valence-corrected chi connectivity index (χ1v) is 8.05. The summed E-state index contributed by atoms with van der Waals surface area (Å²) in [5.41, 5.74) is 3.02. The lowest BCUT2D eigenvalue weighted by Gasteiger charge is -2.13. The molecule has 1 aliphatic carbocycles. The van der Waals surface area contributed by atoms with Gasteiger partial charge in [-0.25, -0.2) is 0 Å². The van der Waals surface area contributed by atoms with Gasteiger partial charge in [0.05, 0.1) is 0 Å². The van der Waals surface area contributed by atoms with Crippen molar-refractivity contribution in [1.82, 2.24) is 0 Å². The van der Waals surface area contributed by atoms with Crippen molar-refractivity contribution in [3.8, 4) is 5.75 Å². The first-order chi connectivity index (χ1) is 11.9. The summed E-state index contributed by atoms with van der Waals surface area (Å²) in [7, 11) is 0. The maximum absolute atomic E-state index is 12.1. The highest BCUT2D eigenvalue weighted by Gasteiger charge is 2.31. The van der Waals surface area contributed by atoms with E-state index >= 15 is 0 Å². The van der Waals surface area contributed by atoms with E-state index in [-0.39, 0.29) is 18.2 Å². The summed E-state index contributed by atoms with van der Waals surface area (Å²) >= 11 is 0. The first kappa shape index (κ1) is 17.3. The summed E-state index contributed by atoms with van der Waals surface area (Å²) in [6, 6.07) is 7.11. The number of carbonyl (C=O) groups is 1. The Hall–Kier alpha value is -2.57. The summed E-state index contributed by atoms with van der Waals surface area (Å²) in [5.74, 6) is -0.570. The Morgan fingerprint density at radius 2 is 1.76 bits per heavy atom. The molecule has 2 aromatic rings. The van der Waals surface area contributed by atoms with Gasteiger partial charge < -0.3 is 10.1 Å². The highest BCUT2D eigenvalue weighted by molar-refractivity contribution is 5.89. The minimum atomic E-state index is -4.73. The molecule has 0 atom stereocenters. The van der Waals surface area contributed by atoms with E-state index in [1.165, 1.54) is 29.7 Å². The van der Waals surface area contributed by atoms with Crippen LogP contribution >= 0.6 is 0 Å². The standard InChI is InChI=1S/C18H17F3N2O2/c19-18(20,21)25-16-7-5-15(6-8-16)22-17(24)12-23-10-9-13-3-1-2-4-14(13)11-23/h5-11H,1-4,12H2/p+1. The topological polar surface area (TPSA) is 42.2 Å². The van der Waals surface area contributed by atoms with E-state index in [1.807, 2.05) is 23.0 Å². The van der Waals surface area contributed by atoms with Gasteiger partial charge in [-0.3, -0.25) is 4.79 Å². The second kappa shape index (κ2) is 7.13. The van der Waals surface area contributed by atoms with Crippen LogP contribution in [-0.4, -0.2) is 12.3 Å². The Morgan fingerprint density at radius 3 is 2.44 bits per heavy atom. The van der Waals surface area contributed by atoms with Crippen LogP contribution in [0.1, 0.15) is 24.0 Å². The number of nitrogens with one attached hydrogen (secondary N) is 1. The van der Waals surface area contributed by atoms with Gasteiger partial charge in [-0.05, 0) is 55.5 Å². The number of hydrogen-bond acceptors (Lipinski definition) is 2. The summed E-state index contributed by atoms with van der Waals surface area (Å²) in [5, 5.41) is 2.66. The Labute approximate surface area is 143 Å². The number of fused-ring (bicyclic) bond motifs is 1. The normalized spacial score (nSPS) is 13.9. The van der Waals surface area contributed by atoms with Crippen molar-refractivity contribution in [3.05, 3.63) is 53.9 Å². The number of amides is 1. The summed E-state index contributed by atoms with van der Waals surface area (Å²) in [6.07, 6.45) is 3.61. The number of nitrogens with zero attached hydrogens (tertiary/aromatic N) is 1. The largest absolute Gasteiger partial charge is 0.573 e. The number of pyridine rings is 1. The van der Waals surface area contributed by atoms with Crippen LogP contribution in [0.15, 0.2) is 42.7 Å². The number of hydrogen-bond donors (Lipinski definition) is 1. The summed E-state index contributed by atoms with van der Waals surface area (Å²) in [4.78, 5) is 12.1. The third kappa shape index (κ3) is 4.95. The second-order valence-electron chi connectivity index (χ2n) is 6.00. The number of ether oxygens (including phenoxy) is 1. The molecule has 4 nitrogen and oxygen atoms in total. The number of aryl methyl sites for hydroxylation is 2. The smallest absolute Gasteiger partial charge is 0.406 e. The molecular weight excluding hydrogens is 333 g/mol. The molecule has 0 spiro atoms. The van der Waals surface area contributed by atoms with Crippen molar-refractivity contribution in [1.29, 1.82) is 0 Å². The van der Waals surface area contributed by atoms with Gasteiger partial charge in [0.2, 0.25) is 6.54 Å². The number of aromatic nitrogens is 1. The molecule has 0 fully saturated rings. The Balaban J connectivity index is 1.59. The van der Waals surface area contributed by atoms with E-state index in [1.54, 1.807) is 0 Å². The van der Waals surface area contributed by atoms with E-state index in [0.29, 0.717) is 5.69 Å². The number of anilines is 1. The van der Waals surface area contributed by atoms with Crippen LogP contribution in [0, 0.1) is 0 Å². The van der Waals surface area contributed by atoms with Crippen LogP contribution in [0.3, 0.4) is 0 Å². The van der Waals surface area contributed by atoms with Crippen molar-refractivity contribution in [2.45, 2.75) is 38.6 Å². The number of halogens is 3. The molecule has 1 amide bonds. The number of alkyl halides is 3. The van der Waals surface area contributed by atoms with E-state index in [0.717, 1.165) is 31.4 Å². The van der Waals surface area contributed by atoms with Gasteiger partial charge in [0.1, 0.15) is 5.75 Å². The summed E-state index contributed by atoms with van der Waals surface area (Å²) < 4.78 is 42.0. The van der Waals surface area contributed by atoms with Crippen LogP contribution in [0.25, 0.3) is 0 Å². The minimum Gasteiger partial charge on any atom is -0.406 e. The predicted octanol–water partition coefficient (Wildman–Crippen LogP) is 3.39. The van der Waals surface area contributed by atoms with E-state index < -0.39 is 6.36 Å². The number of benzene rings is 1. The van der Waals surface area contributed by atoms with Crippen LogP contribution in [0.4, 0.5) is 18.9 Å². The molecule has 1 aromatic carbocycles. The Bertz CT molecular complexity index is 758. The molecule has 0 bridgehead atoms. The van der Waals surface area contributed by atoms with Crippen molar-refractivity contribution in [3.63, 3.8) is 0 Å². The quantitative estimate of drug-likeness (QED) is 0.858. The number of rotatable bonds is 4. The molecular formula is C18H18F3N2O2+. The minimum absolute atomic E-state index is 0.147. The zero-order valence-corrected chi connectivity index (χ0v) is 13.5. The van der Waals surface area contributed by atoms with Gasteiger partial charge in [0.15, 0.2) is 12.4 Å². The number of carbonyl (C=O) groups excluding carboxylic acids is 1. The Kier molecular flexibility index (Phi) is 4.92. The molecule has 0 aliphatic heterocycles. The maximum Gasteiger partial charge on any atom is 0.573 e. The van der Waals surface area contributed by atoms with E-state index in [2.05, 4.69) is 10.1 Å². The molecule has 0 radical (unpaired) electrons. The molecule has 1 N–H and O–H groups in total. The fourth-order valence-electron chi connectivity index (χ4n) is 2.92. The zero-order valence-electron chi connectivity index (χ0n) is 13.5. The molecule has 25 heavy (non-hydrogen) atoms. The maximum atomic E-state index is 12.1. The van der Waals surface area contributed by atoms with Gasteiger partial charge >= 0.3 is 6.36 Å². The first-order valence-electron chi connectivity index (χ1n) is 8.05. The van der Waals surface area contributed by atoms with Crippen LogP contribution in [0.2, 0.25) is 0 Å². The fourth-order valence-corrected chi connectivity index (χ4v) is 2.92. The lowest BCUT2D eigenvalue weighted by Crippen LogP contribution is -2.40. The van der Waals surface area contributed by atoms with Crippen molar-refractivity contribution in [2.24, 2.45) is 0 Å². The molecule has 1 heterocycles. The van der Waals surface area contributed by atoms with Gasteiger partial charge in [-0.15, -0.1) is 13.2 Å². The lowest BCUT2D eigenvalue weighted by atomic mass is 9.93. The third-order valence-corrected chi connectivity index (χ3v) is 4.04. The summed E-state index contributed by atoms with van der Waals surface area (Å²) in [6.45, 7) is 0.147. The predicted molar refractivity (Wildman–Crippen MR) is 85.0 cm³/mol. The van der Waals surface area contributed by atoms with Crippen molar-refractivity contribution >= 4 is 11.6 Å². The molecule has 0 saturated heterocycles. The SMILES string of the molecule is O=C(C[n+]1ccc2c(c1)CCCC2)Nc1ccc(OC(F)(F)F)cc1. The molecule has 0 unspecified atom stereocenters. The van der Waals surface area contributed by atoms with Crippen LogP contribution in [-0.2, 0) is 24.2 Å². The zero-order chi connectivity index (χ0) is 17.9. The van der Waals surface area contributed by atoms with Crippen LogP contribution in [0.5, 0.6) is 5.75 Å². The van der Waals surface area contributed by atoms with Crippen LogP contribution < -0.4 is 14.6 Å². The molecule has 1 aliphatic rings. The fraction of sp³-hybridized carbons (Fsp3) is 0.333. The van der Waals surface area contributed by atoms with Gasteiger partial charge in [0, 0.05) is 17.3 Å².